The first-order valence-corrected chi connectivity index (χ1v) is 22.9. The van der Waals surface area contributed by atoms with Gasteiger partial charge in [-0.3, -0.25) is 0 Å². The fourth-order valence-electron chi connectivity index (χ4n) is 8.62. The van der Waals surface area contributed by atoms with Crippen LogP contribution >= 0.6 is 11.6 Å². The number of aryl methyl sites for hydroxylation is 1. The van der Waals surface area contributed by atoms with Crippen molar-refractivity contribution in [1.29, 1.82) is 0 Å². The second-order valence-corrected chi connectivity index (χ2v) is 20.4. The van der Waals surface area contributed by atoms with E-state index in [4.69, 9.17) is 16.3 Å². The summed E-state index contributed by atoms with van der Waals surface area (Å²) in [5.41, 5.74) is 13.4. The molecule has 7 rings (SSSR count). The molecule has 0 aliphatic heterocycles. The number of imidazole rings is 1. The van der Waals surface area contributed by atoms with Crippen molar-refractivity contribution in [1.82, 2.24) is 4.57 Å². The van der Waals surface area contributed by atoms with Crippen LogP contribution in [-0.2, 0) is 40.6 Å². The molecular weight excluding hydrogens is 812 g/mol. The van der Waals surface area contributed by atoms with Crippen LogP contribution in [0, 0.1) is 6.92 Å². The fourth-order valence-corrected chi connectivity index (χ4v) is 8.80. The molecule has 0 fully saturated rings. The van der Waals surface area contributed by atoms with Crippen LogP contribution in [0.1, 0.15) is 125 Å². The monoisotopic (exact) mass is 876 g/mol. The van der Waals surface area contributed by atoms with E-state index in [0.717, 1.165) is 30.8 Å². The Bertz CT molecular complexity index is 2390. The van der Waals surface area contributed by atoms with Gasteiger partial charge in [0.15, 0.2) is 0 Å². The maximum Gasteiger partial charge on any atom is 0.253 e. The molecule has 0 saturated carbocycles. The van der Waals surface area contributed by atoms with Gasteiger partial charge in [-0.2, -0.15) is 0 Å². The van der Waals surface area contributed by atoms with Gasteiger partial charge in [0.1, 0.15) is 24.7 Å². The number of nitrogens with zero attached hydrogens (tertiary/aromatic N) is 2. The Kier molecular flexibility index (Phi) is 14.5. The van der Waals surface area contributed by atoms with Gasteiger partial charge in [0, 0.05) is 19.2 Å². The average Bonchev–Trinajstić information content (AvgIpc) is 3.60. The lowest BCUT2D eigenvalue weighted by Gasteiger charge is -2.38. The van der Waals surface area contributed by atoms with Gasteiger partial charge in [-0.15, -0.1) is 11.6 Å². The third kappa shape index (κ3) is 10.7. The zero-order chi connectivity index (χ0) is 44.3. The Morgan fingerprint density at radius 1 is 0.492 bits per heavy atom. The summed E-state index contributed by atoms with van der Waals surface area (Å²) >= 11 is 5.99. The molecule has 3 nitrogen and oxygen atoms in total. The highest BCUT2D eigenvalue weighted by Crippen LogP contribution is 2.47. The lowest BCUT2D eigenvalue weighted by atomic mass is 9.64. The fraction of sp³-hybridized carbons (Fsp3) is 0.328. The van der Waals surface area contributed by atoms with Crippen molar-refractivity contribution in [3.8, 4) is 16.9 Å². The van der Waals surface area contributed by atoms with E-state index in [2.05, 4.69) is 236 Å². The van der Waals surface area contributed by atoms with Crippen LogP contribution < -0.4 is 21.7 Å². The smallest absolute Gasteiger partial charge is 0.253 e. The summed E-state index contributed by atoms with van der Waals surface area (Å²) in [5.74, 6) is 2.65. The molecule has 328 valence electrons. The molecule has 5 heteroatoms. The van der Waals surface area contributed by atoms with E-state index in [1.54, 1.807) is 0 Å². The highest BCUT2D eigenvalue weighted by atomic mass is 35.5. The summed E-state index contributed by atoms with van der Waals surface area (Å²) in [4.78, 5) is 0. The van der Waals surface area contributed by atoms with Crippen molar-refractivity contribution in [3.05, 3.63) is 214 Å². The minimum Gasteiger partial charge on any atom is -1.00 e. The molecule has 0 bridgehead atoms. The molecule has 6 aromatic carbocycles. The summed E-state index contributed by atoms with van der Waals surface area (Å²) < 4.78 is 11.1. The van der Waals surface area contributed by atoms with Gasteiger partial charge < -0.3 is 17.1 Å². The van der Waals surface area contributed by atoms with Crippen molar-refractivity contribution in [2.24, 2.45) is 0 Å². The number of halogens is 2. The quantitative estimate of drug-likeness (QED) is 0.0488. The van der Waals surface area contributed by atoms with Crippen molar-refractivity contribution < 1.29 is 21.7 Å². The molecule has 0 N–H and O–H groups in total. The van der Waals surface area contributed by atoms with Crippen LogP contribution in [0.25, 0.3) is 11.1 Å². The number of ether oxygens (including phenoxy) is 1. The van der Waals surface area contributed by atoms with E-state index in [1.165, 1.54) is 61.5 Å². The molecule has 0 amide bonds. The number of rotatable bonds is 13. The normalized spacial score (nSPS) is 12.2. The van der Waals surface area contributed by atoms with Gasteiger partial charge in [-0.25, -0.2) is 9.13 Å². The zero-order valence-corrected chi connectivity index (χ0v) is 40.6. The van der Waals surface area contributed by atoms with E-state index in [0.29, 0.717) is 12.5 Å². The number of alkyl halides is 1. The van der Waals surface area contributed by atoms with E-state index in [1.807, 2.05) is 0 Å². The molecule has 0 saturated heterocycles. The average molecular weight is 878 g/mol. The van der Waals surface area contributed by atoms with Crippen LogP contribution in [0.15, 0.2) is 158 Å². The first kappa shape index (κ1) is 47.4. The Balaban J connectivity index is 0.00000661. The largest absolute Gasteiger partial charge is 1.00 e. The summed E-state index contributed by atoms with van der Waals surface area (Å²) in [6, 6.07) is 54.3. The Labute approximate surface area is 389 Å². The Hall–Kier alpha value is -5.09. The molecule has 0 atom stereocenters. The predicted octanol–water partition coefficient (Wildman–Crippen LogP) is 11.3. The highest BCUT2D eigenvalue weighted by Gasteiger charge is 2.39. The number of hydrogen-bond acceptors (Lipinski definition) is 1. The molecule has 1 aromatic heterocycles. The summed E-state index contributed by atoms with van der Waals surface area (Å²) in [6.45, 7) is 25.1. The number of aromatic nitrogens is 2. The van der Waals surface area contributed by atoms with Gasteiger partial charge in [-0.05, 0) is 89.6 Å². The van der Waals surface area contributed by atoms with E-state index < -0.39 is 5.41 Å². The van der Waals surface area contributed by atoms with E-state index in [9.17, 15) is 0 Å². The number of benzene rings is 6. The highest BCUT2D eigenvalue weighted by molar-refractivity contribution is 6.17. The van der Waals surface area contributed by atoms with Crippen LogP contribution in [0.4, 0.5) is 0 Å². The third-order valence-corrected chi connectivity index (χ3v) is 13.0. The molecular formula is C58H66Cl2N2O. The van der Waals surface area contributed by atoms with E-state index in [-0.39, 0.29) is 28.7 Å². The van der Waals surface area contributed by atoms with Gasteiger partial charge in [0.25, 0.3) is 5.82 Å². The summed E-state index contributed by atoms with van der Waals surface area (Å²) in [5, 5.41) is 0. The lowest BCUT2D eigenvalue weighted by molar-refractivity contribution is -0.694. The standard InChI is InChI=1S/C58H66ClN2O.ClH/c1-42-60(37-38-61(42)41-44-14-18-46(19-15-44)45-16-12-43(40-59)13-17-45)36-11-39-62-54-34-32-53(33-35-54)58(50-26-20-47(21-27-50)55(2,3)4,51-28-22-48(23-29-51)56(5,6)7)52-30-24-49(25-31-52)57(8,9)10;/h12-35,37-38H,11,36,39-41H2,1-10H3;1H/q+1;/p-1. The van der Waals surface area contributed by atoms with Crippen LogP contribution in [-0.4, -0.2) is 11.2 Å². The van der Waals surface area contributed by atoms with Crippen LogP contribution in [0.5, 0.6) is 5.75 Å². The molecule has 0 spiro atoms. The molecule has 63 heavy (non-hydrogen) atoms. The van der Waals surface area contributed by atoms with Crippen molar-refractivity contribution in [2.45, 2.75) is 116 Å². The van der Waals surface area contributed by atoms with Gasteiger partial charge in [0.2, 0.25) is 0 Å². The van der Waals surface area contributed by atoms with Crippen molar-refractivity contribution in [3.63, 3.8) is 0 Å². The first-order valence-electron chi connectivity index (χ1n) is 22.3. The minimum absolute atomic E-state index is 0. The number of hydrogen-bond donors (Lipinski definition) is 0. The van der Waals surface area contributed by atoms with Crippen molar-refractivity contribution >= 4 is 11.6 Å². The van der Waals surface area contributed by atoms with Crippen molar-refractivity contribution in [2.75, 3.05) is 6.61 Å². The Morgan fingerprint density at radius 2 is 0.857 bits per heavy atom. The molecule has 7 aromatic rings. The van der Waals surface area contributed by atoms with Crippen LogP contribution in [0.3, 0.4) is 0 Å². The Morgan fingerprint density at radius 3 is 1.24 bits per heavy atom. The zero-order valence-electron chi connectivity index (χ0n) is 39.1. The first-order chi connectivity index (χ1) is 29.5. The second kappa shape index (κ2) is 19.3. The lowest BCUT2D eigenvalue weighted by Crippen LogP contribution is -3.00. The molecule has 0 unspecified atom stereocenters. The summed E-state index contributed by atoms with van der Waals surface area (Å²) in [6.07, 6.45) is 5.27. The minimum atomic E-state index is -0.554. The van der Waals surface area contributed by atoms with E-state index >= 15 is 0 Å². The second-order valence-electron chi connectivity index (χ2n) is 20.2. The molecule has 0 aliphatic rings. The molecule has 0 aliphatic carbocycles. The predicted molar refractivity (Wildman–Crippen MR) is 261 cm³/mol. The van der Waals surface area contributed by atoms with Gasteiger partial charge in [0.05, 0.1) is 18.6 Å². The maximum atomic E-state index is 6.45. The SMILES string of the molecule is Cc1n(CCCOc2ccc(C(c3ccc(C(C)(C)C)cc3)(c3ccc(C(C)(C)C)cc3)c3ccc(C(C)(C)C)cc3)cc2)cc[n+]1Cc1ccc(-c2ccc(CCl)cc2)cc1.[Cl-]. The summed E-state index contributed by atoms with van der Waals surface area (Å²) in [7, 11) is 0. The third-order valence-electron chi connectivity index (χ3n) is 12.7. The maximum absolute atomic E-state index is 6.45. The molecule has 1 heterocycles. The van der Waals surface area contributed by atoms with Gasteiger partial charge in [-0.1, -0.05) is 196 Å². The van der Waals surface area contributed by atoms with Gasteiger partial charge >= 0.3 is 0 Å². The molecule has 0 radical (unpaired) electrons. The van der Waals surface area contributed by atoms with Crippen LogP contribution in [0.2, 0.25) is 0 Å². The topological polar surface area (TPSA) is 18.0 Å².